The number of hydrogen-bond donors (Lipinski definition) is 3. The summed E-state index contributed by atoms with van der Waals surface area (Å²) in [6.45, 7) is 0. The summed E-state index contributed by atoms with van der Waals surface area (Å²) >= 11 is 9.85. The third-order valence-corrected chi connectivity index (χ3v) is 5.82. The summed E-state index contributed by atoms with van der Waals surface area (Å²) in [4.78, 5) is 47.1. The van der Waals surface area contributed by atoms with Crippen LogP contribution < -0.4 is 10.9 Å². The van der Waals surface area contributed by atoms with Gasteiger partial charge in [-0.05, 0) is 48.5 Å². The van der Waals surface area contributed by atoms with Gasteiger partial charge in [0.1, 0.15) is 22.6 Å². The number of aromatic nitrogens is 3. The second-order valence-electron chi connectivity index (χ2n) is 7.22. The maximum absolute atomic E-state index is 12.6. The Morgan fingerprint density at radius 3 is 2.65 bits per heavy atom. The van der Waals surface area contributed by atoms with Crippen molar-refractivity contribution < 1.29 is 19.1 Å². The summed E-state index contributed by atoms with van der Waals surface area (Å²) in [7, 11) is 0. The van der Waals surface area contributed by atoms with Gasteiger partial charge in [0, 0.05) is 27.3 Å². The number of aromatic amines is 1. The number of nitrogens with zero attached hydrogens (tertiary/aromatic N) is 2. The zero-order chi connectivity index (χ0) is 24.0. The highest BCUT2D eigenvalue weighted by Gasteiger charge is 2.17. The lowest BCUT2D eigenvalue weighted by Crippen LogP contribution is -2.14. The van der Waals surface area contributed by atoms with Crippen molar-refractivity contribution in [3.8, 4) is 11.4 Å². The van der Waals surface area contributed by atoms with Gasteiger partial charge in [0.05, 0.1) is 10.6 Å². The minimum absolute atomic E-state index is 0.0276. The molecule has 0 atom stereocenters. The van der Waals surface area contributed by atoms with E-state index < -0.39 is 17.4 Å². The van der Waals surface area contributed by atoms with Crippen LogP contribution in [0, 0.1) is 0 Å². The van der Waals surface area contributed by atoms with Crippen LogP contribution in [0.4, 0.5) is 5.69 Å². The number of amides is 1. The first-order valence-electron chi connectivity index (χ1n) is 9.73. The van der Waals surface area contributed by atoms with E-state index in [0.29, 0.717) is 27.7 Å². The fourth-order valence-electron chi connectivity index (χ4n) is 3.39. The van der Waals surface area contributed by atoms with E-state index in [0.717, 1.165) is 10.7 Å². The maximum atomic E-state index is 12.6. The van der Waals surface area contributed by atoms with Crippen LogP contribution in [0.15, 0.2) is 68.4 Å². The number of halogens is 2. The maximum Gasteiger partial charge on any atom is 0.337 e. The lowest BCUT2D eigenvalue weighted by molar-refractivity contribution is 0.0695. The quantitative estimate of drug-likeness (QED) is 0.289. The molecule has 3 heterocycles. The number of carbonyl (C=O) groups is 2. The first kappa shape index (κ1) is 21.8. The molecule has 0 saturated heterocycles. The number of carboxylic acid groups (broad SMARTS) is 1. The Morgan fingerprint density at radius 2 is 1.94 bits per heavy atom. The van der Waals surface area contributed by atoms with Crippen molar-refractivity contribution in [2.24, 2.45) is 0 Å². The van der Waals surface area contributed by atoms with Crippen LogP contribution in [-0.4, -0.2) is 31.9 Å². The average molecular weight is 540 g/mol. The molecule has 3 N–H and O–H groups in total. The van der Waals surface area contributed by atoms with Crippen molar-refractivity contribution in [3.63, 3.8) is 0 Å². The molecule has 11 heteroatoms. The van der Waals surface area contributed by atoms with E-state index in [1.54, 1.807) is 24.3 Å². The molecule has 0 saturated carbocycles. The van der Waals surface area contributed by atoms with E-state index in [4.69, 9.17) is 21.1 Å². The van der Waals surface area contributed by atoms with E-state index in [1.165, 1.54) is 18.2 Å². The van der Waals surface area contributed by atoms with Gasteiger partial charge in [-0.2, -0.15) is 0 Å². The zero-order valence-electron chi connectivity index (χ0n) is 16.9. The number of carboxylic acids is 1. The molecule has 5 aromatic rings. The van der Waals surface area contributed by atoms with Gasteiger partial charge in [-0.3, -0.25) is 14.6 Å². The first-order chi connectivity index (χ1) is 16.3. The molecule has 0 spiro atoms. The highest BCUT2D eigenvalue weighted by atomic mass is 79.9. The normalized spacial score (nSPS) is 11.1. The predicted molar refractivity (Wildman–Crippen MR) is 129 cm³/mol. The molecule has 34 heavy (non-hydrogen) atoms. The van der Waals surface area contributed by atoms with Gasteiger partial charge < -0.3 is 19.8 Å². The minimum atomic E-state index is -1.14. The first-order valence-corrected chi connectivity index (χ1v) is 10.9. The summed E-state index contributed by atoms with van der Waals surface area (Å²) in [5.74, 6) is -1.43. The van der Waals surface area contributed by atoms with Crippen molar-refractivity contribution in [1.29, 1.82) is 0 Å². The van der Waals surface area contributed by atoms with Gasteiger partial charge in [-0.15, -0.1) is 0 Å². The van der Waals surface area contributed by atoms with Crippen LogP contribution in [0.5, 0.6) is 0 Å². The molecular formula is C23H12BrClN4O5. The molecule has 0 fully saturated rings. The van der Waals surface area contributed by atoms with Crippen LogP contribution in [0.1, 0.15) is 20.8 Å². The van der Waals surface area contributed by atoms with Gasteiger partial charge >= 0.3 is 5.97 Å². The smallest absolute Gasteiger partial charge is 0.337 e. The van der Waals surface area contributed by atoms with Gasteiger partial charge in [-0.1, -0.05) is 27.5 Å². The van der Waals surface area contributed by atoms with Crippen molar-refractivity contribution in [3.05, 3.63) is 85.8 Å². The lowest BCUT2D eigenvalue weighted by Gasteiger charge is -2.08. The molecule has 0 radical (unpaired) electrons. The number of aromatic carboxylic acids is 1. The van der Waals surface area contributed by atoms with Gasteiger partial charge in [0.25, 0.3) is 11.5 Å². The average Bonchev–Trinajstić information content (AvgIpc) is 3.17. The van der Waals surface area contributed by atoms with Crippen molar-refractivity contribution in [1.82, 2.24) is 15.0 Å². The second kappa shape index (κ2) is 8.40. The molecule has 9 nitrogen and oxygen atoms in total. The Labute approximate surface area is 203 Å². The number of H-pyrrole nitrogens is 1. The van der Waals surface area contributed by atoms with E-state index in [-0.39, 0.29) is 27.7 Å². The van der Waals surface area contributed by atoms with Crippen LogP contribution in [-0.2, 0) is 0 Å². The summed E-state index contributed by atoms with van der Waals surface area (Å²) in [5.41, 5.74) is 1.44. The molecule has 0 bridgehead atoms. The third-order valence-electron chi connectivity index (χ3n) is 5.01. The number of benzene rings is 2. The molecule has 1 amide bonds. The fraction of sp³-hybridized carbons (Fsp3) is 0. The summed E-state index contributed by atoms with van der Waals surface area (Å²) in [6, 6.07) is 12.7. The number of hydrogen-bond acceptors (Lipinski definition) is 6. The summed E-state index contributed by atoms with van der Waals surface area (Å²) in [6.07, 6.45) is 1.10. The Kier molecular flexibility index (Phi) is 5.39. The van der Waals surface area contributed by atoms with E-state index >= 15 is 0 Å². The summed E-state index contributed by atoms with van der Waals surface area (Å²) < 4.78 is 6.45. The molecule has 0 aliphatic carbocycles. The Hall–Kier alpha value is -4.02. The van der Waals surface area contributed by atoms with Gasteiger partial charge in [-0.25, -0.2) is 9.78 Å². The van der Waals surface area contributed by atoms with Crippen LogP contribution in [0.3, 0.4) is 0 Å². The highest BCUT2D eigenvalue weighted by Crippen LogP contribution is 2.32. The standard InChI is InChI=1S/C23H12BrClN4O5/c24-11-2-6-17-14(7-11)18-19(34-17)22(31)29-20(28-18)13-4-3-12(8-15(13)25)27-21(30)16-5-1-10(9-26-16)23(32)33/h1-9H,(H,27,30)(H,32,33)(H,28,29,31). The number of furan rings is 1. The Morgan fingerprint density at radius 1 is 1.12 bits per heavy atom. The predicted octanol–water partition coefficient (Wildman–Crippen LogP) is 5.10. The van der Waals surface area contributed by atoms with Gasteiger partial charge in [0.15, 0.2) is 0 Å². The van der Waals surface area contributed by atoms with E-state index in [2.05, 4.69) is 36.2 Å². The van der Waals surface area contributed by atoms with E-state index in [1.807, 2.05) is 6.07 Å². The monoisotopic (exact) mass is 538 g/mol. The number of carbonyl (C=O) groups excluding carboxylic acids is 1. The number of nitrogens with one attached hydrogen (secondary N) is 2. The molecule has 0 unspecified atom stereocenters. The SMILES string of the molecule is O=C(O)c1ccc(C(=O)Nc2ccc(-c3nc4c(oc5ccc(Br)cc54)c(=O)[nH]3)c(Cl)c2)nc1. The fourth-order valence-corrected chi connectivity index (χ4v) is 4.02. The van der Waals surface area contributed by atoms with Gasteiger partial charge in [0.2, 0.25) is 5.58 Å². The van der Waals surface area contributed by atoms with Crippen LogP contribution in [0.25, 0.3) is 33.5 Å². The topological polar surface area (TPSA) is 138 Å². The van der Waals surface area contributed by atoms with Crippen LogP contribution in [0.2, 0.25) is 5.02 Å². The zero-order valence-corrected chi connectivity index (χ0v) is 19.3. The Balaban J connectivity index is 1.47. The molecular weight excluding hydrogens is 528 g/mol. The lowest BCUT2D eigenvalue weighted by atomic mass is 10.1. The largest absolute Gasteiger partial charge is 0.478 e. The van der Waals surface area contributed by atoms with Crippen molar-refractivity contribution in [2.45, 2.75) is 0 Å². The van der Waals surface area contributed by atoms with Crippen molar-refractivity contribution >= 4 is 67.2 Å². The number of anilines is 1. The molecule has 0 aliphatic heterocycles. The molecule has 168 valence electrons. The number of pyridine rings is 1. The third kappa shape index (κ3) is 3.93. The second-order valence-corrected chi connectivity index (χ2v) is 8.54. The molecule has 3 aromatic heterocycles. The van der Waals surface area contributed by atoms with Crippen LogP contribution >= 0.6 is 27.5 Å². The minimum Gasteiger partial charge on any atom is -0.478 e. The van der Waals surface area contributed by atoms with Crippen molar-refractivity contribution in [2.75, 3.05) is 5.32 Å². The highest BCUT2D eigenvalue weighted by molar-refractivity contribution is 9.10. The molecule has 5 rings (SSSR count). The Bertz CT molecular complexity index is 1680. The summed E-state index contributed by atoms with van der Waals surface area (Å²) in [5, 5.41) is 12.5. The number of rotatable bonds is 4. The molecule has 0 aliphatic rings. The molecule has 2 aromatic carbocycles. The number of fused-ring (bicyclic) bond motifs is 3. The van der Waals surface area contributed by atoms with E-state index in [9.17, 15) is 14.4 Å².